The molecule has 0 atom stereocenters. The normalized spacial score (nSPS) is 11.6. The summed E-state index contributed by atoms with van der Waals surface area (Å²) in [6, 6.07) is 63.8. The van der Waals surface area contributed by atoms with Crippen molar-refractivity contribution in [1.29, 1.82) is 0 Å². The standard InChI is InChI=1S/C57H52N2O7/c1-3-64-56(61)55(60)58-38-36-51(42-16-8-4-9-17-42)54(45-22-14-7-15-23-45)47-28-34-49(35-29-47)65-40-41-24-30-50(31-25-41)66-57(62)59-39-37-52(43-18-10-5-11-19-43)53(44-20-12-6-13-21-44)46-26-32-48(63-2)33-27-46/h4-35H,3,36-40H2,1-2H3,(H,58,60)(H,59,62)/b53-52-,54-51-. The summed E-state index contributed by atoms with van der Waals surface area (Å²) >= 11 is 0. The van der Waals surface area contributed by atoms with E-state index in [0.717, 1.165) is 67.0 Å². The molecule has 7 rings (SSSR count). The van der Waals surface area contributed by atoms with Gasteiger partial charge in [0, 0.05) is 13.1 Å². The van der Waals surface area contributed by atoms with Gasteiger partial charge in [0.25, 0.3) is 0 Å². The van der Waals surface area contributed by atoms with Crippen LogP contribution in [-0.4, -0.2) is 44.8 Å². The van der Waals surface area contributed by atoms with Crippen molar-refractivity contribution in [1.82, 2.24) is 10.6 Å². The Kier molecular flexibility index (Phi) is 16.3. The molecule has 0 radical (unpaired) electrons. The third-order valence-corrected chi connectivity index (χ3v) is 10.8. The van der Waals surface area contributed by atoms with Crippen LogP contribution in [0.4, 0.5) is 4.79 Å². The second-order valence-corrected chi connectivity index (χ2v) is 15.1. The van der Waals surface area contributed by atoms with E-state index in [0.29, 0.717) is 37.5 Å². The van der Waals surface area contributed by atoms with Crippen LogP contribution in [0.3, 0.4) is 0 Å². The van der Waals surface area contributed by atoms with Crippen molar-refractivity contribution >= 4 is 40.3 Å². The van der Waals surface area contributed by atoms with Crippen LogP contribution in [0, 0.1) is 0 Å². The lowest BCUT2D eigenvalue weighted by molar-refractivity contribution is -0.154. The summed E-state index contributed by atoms with van der Waals surface area (Å²) in [6.45, 7) is 2.68. The molecule has 7 aromatic carbocycles. The van der Waals surface area contributed by atoms with Crippen LogP contribution in [-0.2, 0) is 20.9 Å². The fourth-order valence-corrected chi connectivity index (χ4v) is 7.64. The molecule has 0 aliphatic heterocycles. The zero-order valence-electron chi connectivity index (χ0n) is 37.1. The summed E-state index contributed by atoms with van der Waals surface area (Å²) in [4.78, 5) is 37.5. The van der Waals surface area contributed by atoms with Gasteiger partial charge in [-0.15, -0.1) is 0 Å². The highest BCUT2D eigenvalue weighted by molar-refractivity contribution is 6.32. The van der Waals surface area contributed by atoms with Gasteiger partial charge in [0.05, 0.1) is 13.7 Å². The number of hydrogen-bond donors (Lipinski definition) is 2. The number of ether oxygens (including phenoxy) is 4. The van der Waals surface area contributed by atoms with E-state index in [4.69, 9.17) is 18.9 Å². The predicted molar refractivity (Wildman–Crippen MR) is 261 cm³/mol. The fraction of sp³-hybridized carbons (Fsp3) is 0.140. The molecule has 2 amide bonds. The molecule has 0 aliphatic carbocycles. The number of rotatable bonds is 18. The molecule has 0 aromatic heterocycles. The largest absolute Gasteiger partial charge is 0.497 e. The summed E-state index contributed by atoms with van der Waals surface area (Å²) in [5.41, 5.74) is 11.2. The van der Waals surface area contributed by atoms with Gasteiger partial charge in [0.1, 0.15) is 23.9 Å². The quantitative estimate of drug-likeness (QED) is 0.0501. The van der Waals surface area contributed by atoms with E-state index < -0.39 is 18.0 Å². The Balaban J connectivity index is 0.998. The highest BCUT2D eigenvalue weighted by Gasteiger charge is 2.19. The van der Waals surface area contributed by atoms with Gasteiger partial charge in [0.15, 0.2) is 0 Å². The number of carbonyl (C=O) groups is 3. The van der Waals surface area contributed by atoms with Crippen LogP contribution in [0.15, 0.2) is 194 Å². The lowest BCUT2D eigenvalue weighted by Gasteiger charge is -2.18. The Labute approximate surface area is 386 Å². The third kappa shape index (κ3) is 12.5. The SMILES string of the molecule is CCOC(=O)C(=O)NCC/C(=C(\c1ccccc1)c1ccc(OCc2ccc(OC(=O)NCC/C(=C(\c3ccccc3)c3ccc(OC)cc3)c3ccccc3)cc2)cc1)c1ccccc1. The maximum Gasteiger partial charge on any atom is 0.412 e. The average Bonchev–Trinajstić information content (AvgIpc) is 3.37. The predicted octanol–water partition coefficient (Wildman–Crippen LogP) is 11.4. The van der Waals surface area contributed by atoms with Crippen LogP contribution in [0.2, 0.25) is 0 Å². The minimum Gasteiger partial charge on any atom is -0.497 e. The number of methoxy groups -OCH3 is 1. The van der Waals surface area contributed by atoms with Crippen LogP contribution in [0.5, 0.6) is 17.2 Å². The van der Waals surface area contributed by atoms with Crippen molar-refractivity contribution in [2.24, 2.45) is 0 Å². The Hall–Kier alpha value is -8.17. The molecule has 0 unspecified atom stereocenters. The first-order valence-electron chi connectivity index (χ1n) is 22.0. The molecular weight excluding hydrogens is 825 g/mol. The molecule has 0 bridgehead atoms. The summed E-state index contributed by atoms with van der Waals surface area (Å²) in [5, 5.41) is 5.67. The van der Waals surface area contributed by atoms with E-state index in [2.05, 4.69) is 59.2 Å². The molecule has 0 aliphatic rings. The molecule has 7 aromatic rings. The van der Waals surface area contributed by atoms with Crippen molar-refractivity contribution in [3.63, 3.8) is 0 Å². The minimum atomic E-state index is -0.897. The molecule has 66 heavy (non-hydrogen) atoms. The third-order valence-electron chi connectivity index (χ3n) is 10.8. The smallest absolute Gasteiger partial charge is 0.412 e. The first kappa shape index (κ1) is 45.8. The Morgan fingerprint density at radius 1 is 0.455 bits per heavy atom. The van der Waals surface area contributed by atoms with Gasteiger partial charge < -0.3 is 29.6 Å². The van der Waals surface area contributed by atoms with Gasteiger partial charge in [-0.05, 0) is 117 Å². The maximum absolute atomic E-state index is 13.1. The van der Waals surface area contributed by atoms with E-state index in [1.165, 1.54) is 0 Å². The van der Waals surface area contributed by atoms with E-state index in [-0.39, 0.29) is 13.2 Å². The van der Waals surface area contributed by atoms with Gasteiger partial charge in [0.2, 0.25) is 0 Å². The number of carbonyl (C=O) groups excluding carboxylic acids is 3. The van der Waals surface area contributed by atoms with E-state index in [1.54, 1.807) is 26.2 Å². The Bertz CT molecular complexity index is 2720. The van der Waals surface area contributed by atoms with Crippen molar-refractivity contribution < 1.29 is 33.3 Å². The molecular formula is C57H52N2O7. The lowest BCUT2D eigenvalue weighted by atomic mass is 9.88. The zero-order chi connectivity index (χ0) is 45.9. The Morgan fingerprint density at radius 2 is 0.864 bits per heavy atom. The van der Waals surface area contributed by atoms with Crippen molar-refractivity contribution in [2.75, 3.05) is 26.8 Å². The molecule has 9 nitrogen and oxygen atoms in total. The highest BCUT2D eigenvalue weighted by Crippen LogP contribution is 2.37. The molecule has 2 N–H and O–H groups in total. The second-order valence-electron chi connectivity index (χ2n) is 15.1. The molecule has 0 saturated heterocycles. The second kappa shape index (κ2) is 23.5. The summed E-state index contributed by atoms with van der Waals surface area (Å²) in [5.74, 6) is 0.210. The average molecular weight is 877 g/mol. The molecule has 0 heterocycles. The van der Waals surface area contributed by atoms with Gasteiger partial charge >= 0.3 is 18.0 Å². The molecule has 0 saturated carbocycles. The zero-order valence-corrected chi connectivity index (χ0v) is 37.1. The molecule has 0 fully saturated rings. The van der Waals surface area contributed by atoms with Gasteiger partial charge in [-0.2, -0.15) is 0 Å². The number of nitrogens with one attached hydrogen (secondary N) is 2. The Morgan fingerprint density at radius 3 is 1.32 bits per heavy atom. The first-order chi connectivity index (χ1) is 32.4. The number of esters is 1. The summed E-state index contributed by atoms with van der Waals surface area (Å²) in [6.07, 6.45) is 0.480. The fourth-order valence-electron chi connectivity index (χ4n) is 7.64. The molecule has 332 valence electrons. The summed E-state index contributed by atoms with van der Waals surface area (Å²) in [7, 11) is 1.66. The van der Waals surface area contributed by atoms with Crippen LogP contribution < -0.4 is 24.8 Å². The maximum atomic E-state index is 13.1. The number of benzene rings is 7. The van der Waals surface area contributed by atoms with Crippen LogP contribution in [0.1, 0.15) is 58.7 Å². The highest BCUT2D eigenvalue weighted by atomic mass is 16.6. The molecule has 9 heteroatoms. The number of hydrogen-bond acceptors (Lipinski definition) is 7. The van der Waals surface area contributed by atoms with E-state index in [9.17, 15) is 14.4 Å². The minimum absolute atomic E-state index is 0.127. The number of amides is 2. The van der Waals surface area contributed by atoms with Crippen LogP contribution >= 0.6 is 0 Å². The monoisotopic (exact) mass is 876 g/mol. The van der Waals surface area contributed by atoms with Gasteiger partial charge in [-0.25, -0.2) is 9.59 Å². The lowest BCUT2D eigenvalue weighted by Crippen LogP contribution is -2.33. The summed E-state index contributed by atoms with van der Waals surface area (Å²) < 4.78 is 22.2. The van der Waals surface area contributed by atoms with E-state index in [1.807, 2.05) is 133 Å². The van der Waals surface area contributed by atoms with Crippen LogP contribution in [0.25, 0.3) is 22.3 Å². The van der Waals surface area contributed by atoms with Crippen molar-refractivity contribution in [3.8, 4) is 17.2 Å². The van der Waals surface area contributed by atoms with E-state index >= 15 is 0 Å². The van der Waals surface area contributed by atoms with Crippen molar-refractivity contribution in [3.05, 3.63) is 233 Å². The van der Waals surface area contributed by atoms with Gasteiger partial charge in [-0.3, -0.25) is 4.79 Å². The first-order valence-corrected chi connectivity index (χ1v) is 22.0. The molecule has 0 spiro atoms. The van der Waals surface area contributed by atoms with Gasteiger partial charge in [-0.1, -0.05) is 158 Å². The topological polar surface area (TPSA) is 112 Å². The van der Waals surface area contributed by atoms with Crippen molar-refractivity contribution in [2.45, 2.75) is 26.4 Å².